The van der Waals surface area contributed by atoms with Crippen LogP contribution in [0.3, 0.4) is 0 Å². The minimum Gasteiger partial charge on any atom is -0.392 e. The highest BCUT2D eigenvalue weighted by Gasteiger charge is 2.25. The summed E-state index contributed by atoms with van der Waals surface area (Å²) in [7, 11) is 1.73. The maximum absolute atomic E-state index is 9.87. The van der Waals surface area contributed by atoms with Gasteiger partial charge in [0.25, 0.3) is 0 Å². The zero-order chi connectivity index (χ0) is 9.97. The zero-order valence-corrected chi connectivity index (χ0v) is 8.94. The van der Waals surface area contributed by atoms with E-state index in [-0.39, 0.29) is 6.10 Å². The number of hydrogen-bond donors (Lipinski definition) is 1. The van der Waals surface area contributed by atoms with Crippen LogP contribution >= 0.6 is 11.8 Å². The van der Waals surface area contributed by atoms with Gasteiger partial charge in [0.05, 0.1) is 13.2 Å². The average molecular weight is 214 g/mol. The van der Waals surface area contributed by atoms with Crippen LogP contribution < -0.4 is 0 Å². The monoisotopic (exact) mass is 214 g/mol. The molecule has 0 bridgehead atoms. The van der Waals surface area contributed by atoms with E-state index in [0.29, 0.717) is 17.5 Å². The summed E-state index contributed by atoms with van der Waals surface area (Å²) >= 11 is 1.84. The van der Waals surface area contributed by atoms with E-state index in [1.165, 1.54) is 11.2 Å². The molecule has 1 aliphatic rings. The first-order chi connectivity index (χ1) is 6.75. The van der Waals surface area contributed by atoms with Gasteiger partial charge in [0.15, 0.2) is 5.82 Å². The van der Waals surface area contributed by atoms with Gasteiger partial charge in [0.2, 0.25) is 0 Å². The SMILES string of the molecule is Cn1nnc(CC(O)C2CCCS2)n1. The van der Waals surface area contributed by atoms with Crippen molar-refractivity contribution in [2.24, 2.45) is 7.05 Å². The van der Waals surface area contributed by atoms with Crippen molar-refractivity contribution in [3.05, 3.63) is 5.82 Å². The van der Waals surface area contributed by atoms with Crippen molar-refractivity contribution in [2.75, 3.05) is 5.75 Å². The topological polar surface area (TPSA) is 63.8 Å². The summed E-state index contributed by atoms with van der Waals surface area (Å²) in [4.78, 5) is 1.42. The van der Waals surface area contributed by atoms with E-state index in [4.69, 9.17) is 0 Å². The Balaban J connectivity index is 1.90. The van der Waals surface area contributed by atoms with E-state index < -0.39 is 0 Å². The molecule has 0 saturated carbocycles. The van der Waals surface area contributed by atoms with Crippen LogP contribution in [0, 0.1) is 0 Å². The Morgan fingerprint density at radius 1 is 1.71 bits per heavy atom. The normalized spacial score (nSPS) is 24.0. The highest BCUT2D eigenvalue weighted by Crippen LogP contribution is 2.29. The Bertz CT molecular complexity index is 297. The Morgan fingerprint density at radius 2 is 2.57 bits per heavy atom. The lowest BCUT2D eigenvalue weighted by Crippen LogP contribution is -2.23. The standard InChI is InChI=1S/C8H14N4OS/c1-12-10-8(9-11-12)5-6(13)7-3-2-4-14-7/h6-7,13H,2-5H2,1H3. The number of nitrogens with zero attached hydrogens (tertiary/aromatic N) is 4. The second kappa shape index (κ2) is 4.27. The highest BCUT2D eigenvalue weighted by molar-refractivity contribution is 8.00. The van der Waals surface area contributed by atoms with Crippen molar-refractivity contribution in [3.8, 4) is 0 Å². The molecule has 0 radical (unpaired) electrons. The lowest BCUT2D eigenvalue weighted by Gasteiger charge is -2.14. The number of tetrazole rings is 1. The number of aliphatic hydroxyl groups excluding tert-OH is 1. The van der Waals surface area contributed by atoms with Crippen molar-refractivity contribution >= 4 is 11.8 Å². The van der Waals surface area contributed by atoms with Crippen LogP contribution in [0.25, 0.3) is 0 Å². The third-order valence-corrected chi connectivity index (χ3v) is 3.84. The zero-order valence-electron chi connectivity index (χ0n) is 8.13. The molecule has 5 nitrogen and oxygen atoms in total. The maximum Gasteiger partial charge on any atom is 0.177 e. The minimum absolute atomic E-state index is 0.327. The first-order valence-corrected chi connectivity index (χ1v) is 5.83. The van der Waals surface area contributed by atoms with Crippen molar-refractivity contribution < 1.29 is 5.11 Å². The average Bonchev–Trinajstić information content (AvgIpc) is 2.75. The molecule has 1 saturated heterocycles. The van der Waals surface area contributed by atoms with Gasteiger partial charge in [-0.15, -0.1) is 10.2 Å². The van der Waals surface area contributed by atoms with Crippen LogP contribution in [-0.4, -0.2) is 42.4 Å². The molecule has 0 spiro atoms. The van der Waals surface area contributed by atoms with Gasteiger partial charge >= 0.3 is 0 Å². The molecule has 0 aliphatic carbocycles. The predicted octanol–water partition coefficient (Wildman–Crippen LogP) is 0.00910. The van der Waals surface area contributed by atoms with E-state index in [2.05, 4.69) is 15.4 Å². The van der Waals surface area contributed by atoms with Gasteiger partial charge in [0, 0.05) is 11.7 Å². The molecule has 1 N–H and O–H groups in total. The largest absolute Gasteiger partial charge is 0.392 e. The molecule has 1 aromatic rings. The first kappa shape index (κ1) is 9.92. The third-order valence-electron chi connectivity index (χ3n) is 2.34. The van der Waals surface area contributed by atoms with Gasteiger partial charge in [-0.1, -0.05) is 0 Å². The van der Waals surface area contributed by atoms with E-state index >= 15 is 0 Å². The number of rotatable bonds is 3. The van der Waals surface area contributed by atoms with Crippen LogP contribution in [0.2, 0.25) is 0 Å². The lowest BCUT2D eigenvalue weighted by atomic mass is 10.1. The van der Waals surface area contributed by atoms with Gasteiger partial charge in [-0.3, -0.25) is 0 Å². The highest BCUT2D eigenvalue weighted by atomic mass is 32.2. The molecular formula is C8H14N4OS. The second-order valence-electron chi connectivity index (χ2n) is 3.52. The molecule has 2 rings (SSSR count). The first-order valence-electron chi connectivity index (χ1n) is 4.78. The number of thioether (sulfide) groups is 1. The fourth-order valence-corrected chi connectivity index (χ4v) is 2.92. The quantitative estimate of drug-likeness (QED) is 0.768. The molecule has 2 heterocycles. The molecule has 1 aromatic heterocycles. The number of aryl methyl sites for hydroxylation is 1. The van der Waals surface area contributed by atoms with Crippen LogP contribution in [0.4, 0.5) is 0 Å². The summed E-state index contributed by atoms with van der Waals surface area (Å²) in [5.74, 6) is 1.79. The van der Waals surface area contributed by atoms with E-state index in [1.54, 1.807) is 7.05 Å². The number of aliphatic hydroxyl groups is 1. The molecule has 0 aromatic carbocycles. The smallest absolute Gasteiger partial charge is 0.177 e. The van der Waals surface area contributed by atoms with E-state index in [0.717, 1.165) is 12.2 Å². The summed E-state index contributed by atoms with van der Waals surface area (Å²) < 4.78 is 0. The van der Waals surface area contributed by atoms with Crippen LogP contribution in [0.5, 0.6) is 0 Å². The Morgan fingerprint density at radius 3 is 3.14 bits per heavy atom. The number of hydrogen-bond acceptors (Lipinski definition) is 5. The second-order valence-corrected chi connectivity index (χ2v) is 4.87. The Labute approximate surface area is 86.9 Å². The van der Waals surface area contributed by atoms with Crippen molar-refractivity contribution in [1.82, 2.24) is 20.2 Å². The summed E-state index contributed by atoms with van der Waals surface area (Å²) in [6.07, 6.45) is 2.50. The van der Waals surface area contributed by atoms with Crippen molar-refractivity contribution in [1.29, 1.82) is 0 Å². The van der Waals surface area contributed by atoms with Crippen LogP contribution in [0.15, 0.2) is 0 Å². The molecule has 0 amide bonds. The van der Waals surface area contributed by atoms with Crippen molar-refractivity contribution in [2.45, 2.75) is 30.6 Å². The molecular weight excluding hydrogens is 200 g/mol. The fraction of sp³-hybridized carbons (Fsp3) is 0.875. The van der Waals surface area contributed by atoms with E-state index in [1.807, 2.05) is 11.8 Å². The summed E-state index contributed by atoms with van der Waals surface area (Å²) in [6.45, 7) is 0. The lowest BCUT2D eigenvalue weighted by molar-refractivity contribution is 0.168. The fourth-order valence-electron chi connectivity index (χ4n) is 1.63. The van der Waals surface area contributed by atoms with Gasteiger partial charge in [-0.25, -0.2) is 0 Å². The van der Waals surface area contributed by atoms with Crippen LogP contribution in [0.1, 0.15) is 18.7 Å². The summed E-state index contributed by atoms with van der Waals surface area (Å²) in [6, 6.07) is 0. The molecule has 2 atom stereocenters. The summed E-state index contributed by atoms with van der Waals surface area (Å²) in [5.41, 5.74) is 0. The predicted molar refractivity (Wildman–Crippen MR) is 54.0 cm³/mol. The van der Waals surface area contributed by atoms with Crippen LogP contribution in [-0.2, 0) is 13.5 Å². The molecule has 14 heavy (non-hydrogen) atoms. The van der Waals surface area contributed by atoms with Crippen molar-refractivity contribution in [3.63, 3.8) is 0 Å². The van der Waals surface area contributed by atoms with Gasteiger partial charge < -0.3 is 5.11 Å². The Kier molecular flexibility index (Phi) is 3.02. The maximum atomic E-state index is 9.87. The molecule has 1 fully saturated rings. The molecule has 78 valence electrons. The van der Waals surface area contributed by atoms with Gasteiger partial charge in [-0.05, 0) is 23.8 Å². The molecule has 1 aliphatic heterocycles. The molecule has 6 heteroatoms. The number of aromatic nitrogens is 4. The molecule has 2 unspecified atom stereocenters. The van der Waals surface area contributed by atoms with Gasteiger partial charge in [-0.2, -0.15) is 16.6 Å². The van der Waals surface area contributed by atoms with E-state index in [9.17, 15) is 5.11 Å². The van der Waals surface area contributed by atoms with Gasteiger partial charge in [0.1, 0.15) is 0 Å². The Hall–Kier alpha value is -0.620. The minimum atomic E-state index is -0.327. The summed E-state index contributed by atoms with van der Waals surface area (Å²) in [5, 5.41) is 21.9. The third kappa shape index (κ3) is 2.24.